The highest BCUT2D eigenvalue weighted by atomic mass is 16.5. The molecule has 21 heavy (non-hydrogen) atoms. The van der Waals surface area contributed by atoms with Crippen molar-refractivity contribution in [1.29, 1.82) is 0 Å². The summed E-state index contributed by atoms with van der Waals surface area (Å²) >= 11 is 0. The van der Waals surface area contributed by atoms with Crippen LogP contribution in [0.1, 0.15) is 12.8 Å². The maximum atomic E-state index is 11.8. The molecule has 1 aliphatic heterocycles. The van der Waals surface area contributed by atoms with E-state index in [1.165, 1.54) is 7.11 Å². The number of rotatable bonds is 7. The van der Waals surface area contributed by atoms with E-state index in [4.69, 9.17) is 9.47 Å². The zero-order valence-corrected chi connectivity index (χ0v) is 13.1. The molecule has 0 saturated carbocycles. The number of esters is 2. The molecule has 0 aromatic carbocycles. The van der Waals surface area contributed by atoms with Gasteiger partial charge in [-0.15, -0.1) is 0 Å². The lowest BCUT2D eigenvalue weighted by atomic mass is 9.80. The molecule has 0 unspecified atom stereocenters. The van der Waals surface area contributed by atoms with Crippen molar-refractivity contribution in [3.63, 3.8) is 0 Å². The van der Waals surface area contributed by atoms with Crippen molar-refractivity contribution >= 4 is 27.6 Å². The van der Waals surface area contributed by atoms with E-state index in [1.54, 1.807) is 15.7 Å². The Morgan fingerprint density at radius 2 is 1.71 bits per heavy atom. The standard InChI is InChI=1S/C13H23B2NO5/c1-19-12(17)10(14)11(15)13(18)21-7-3-2-4-16-5-8-20-9-6-16/h2-9,14-15H2,1H3/b11-10+. The quantitative estimate of drug-likeness (QED) is 0.241. The Balaban J connectivity index is 2.19. The van der Waals surface area contributed by atoms with Crippen LogP contribution in [-0.4, -0.2) is 79.1 Å². The molecule has 1 aliphatic rings. The second-order valence-corrected chi connectivity index (χ2v) is 5.04. The Morgan fingerprint density at radius 3 is 2.33 bits per heavy atom. The Morgan fingerprint density at radius 1 is 1.10 bits per heavy atom. The summed E-state index contributed by atoms with van der Waals surface area (Å²) in [5, 5.41) is 0. The predicted octanol–water partition coefficient (Wildman–Crippen LogP) is -1.71. The fourth-order valence-corrected chi connectivity index (χ4v) is 1.99. The Bertz CT molecular complexity index is 394. The lowest BCUT2D eigenvalue weighted by molar-refractivity contribution is -0.140. The molecule has 0 spiro atoms. The summed E-state index contributed by atoms with van der Waals surface area (Å²) < 4.78 is 15.0. The van der Waals surface area contributed by atoms with E-state index in [1.807, 2.05) is 0 Å². The number of ether oxygens (including phenoxy) is 3. The van der Waals surface area contributed by atoms with Crippen LogP contribution in [0.15, 0.2) is 10.9 Å². The molecule has 8 heteroatoms. The molecule has 0 radical (unpaired) electrons. The molecule has 0 bridgehead atoms. The number of morpholine rings is 1. The summed E-state index contributed by atoms with van der Waals surface area (Å²) in [5.74, 6) is -0.957. The summed E-state index contributed by atoms with van der Waals surface area (Å²) in [6.07, 6.45) is 1.79. The summed E-state index contributed by atoms with van der Waals surface area (Å²) in [7, 11) is 4.42. The maximum Gasteiger partial charge on any atom is 0.323 e. The highest BCUT2D eigenvalue weighted by Crippen LogP contribution is 2.04. The van der Waals surface area contributed by atoms with Gasteiger partial charge >= 0.3 is 11.9 Å². The zero-order valence-electron chi connectivity index (χ0n) is 13.1. The van der Waals surface area contributed by atoms with Gasteiger partial charge in [0.2, 0.25) is 0 Å². The van der Waals surface area contributed by atoms with Gasteiger partial charge in [0.15, 0.2) is 0 Å². The number of nitrogens with zero attached hydrogens (tertiary/aromatic N) is 1. The van der Waals surface area contributed by atoms with Crippen molar-refractivity contribution in [3.05, 3.63) is 10.9 Å². The Kier molecular flexibility index (Phi) is 8.15. The molecule has 0 aromatic rings. The molecule has 116 valence electrons. The highest BCUT2D eigenvalue weighted by molar-refractivity contribution is 6.47. The second-order valence-electron chi connectivity index (χ2n) is 5.04. The van der Waals surface area contributed by atoms with Gasteiger partial charge in [-0.05, 0) is 30.3 Å². The molecule has 1 heterocycles. The van der Waals surface area contributed by atoms with Crippen LogP contribution in [0, 0.1) is 0 Å². The van der Waals surface area contributed by atoms with Crippen molar-refractivity contribution in [3.8, 4) is 0 Å². The number of hydrogen-bond acceptors (Lipinski definition) is 6. The van der Waals surface area contributed by atoms with Crippen molar-refractivity contribution in [2.24, 2.45) is 0 Å². The van der Waals surface area contributed by atoms with E-state index in [-0.39, 0.29) is 5.47 Å². The van der Waals surface area contributed by atoms with Gasteiger partial charge in [-0.25, -0.2) is 9.59 Å². The van der Waals surface area contributed by atoms with Crippen LogP contribution in [-0.2, 0) is 23.8 Å². The first kappa shape index (κ1) is 17.8. The zero-order chi connectivity index (χ0) is 15.7. The first-order chi connectivity index (χ1) is 10.1. The third kappa shape index (κ3) is 6.35. The van der Waals surface area contributed by atoms with Gasteiger partial charge in [-0.1, -0.05) is 0 Å². The Labute approximate surface area is 127 Å². The van der Waals surface area contributed by atoms with E-state index in [0.717, 1.165) is 45.7 Å². The number of carbonyl (C=O) groups excluding carboxylic acids is 2. The fourth-order valence-electron chi connectivity index (χ4n) is 1.99. The van der Waals surface area contributed by atoms with Crippen molar-refractivity contribution < 1.29 is 23.8 Å². The summed E-state index contributed by atoms with van der Waals surface area (Å²) in [5.41, 5.74) is 0.589. The first-order valence-electron chi connectivity index (χ1n) is 7.29. The average Bonchev–Trinajstić information content (AvgIpc) is 2.53. The van der Waals surface area contributed by atoms with E-state index in [2.05, 4.69) is 9.64 Å². The summed E-state index contributed by atoms with van der Waals surface area (Å²) in [4.78, 5) is 25.4. The van der Waals surface area contributed by atoms with E-state index in [0.29, 0.717) is 12.1 Å². The van der Waals surface area contributed by atoms with Gasteiger partial charge < -0.3 is 14.2 Å². The molecular formula is C13H23B2NO5. The smallest absolute Gasteiger partial charge is 0.323 e. The third-order valence-corrected chi connectivity index (χ3v) is 3.57. The number of unbranched alkanes of at least 4 members (excludes halogenated alkanes) is 1. The van der Waals surface area contributed by atoms with Crippen LogP contribution in [0.5, 0.6) is 0 Å². The van der Waals surface area contributed by atoms with Crippen LogP contribution < -0.4 is 0 Å². The topological polar surface area (TPSA) is 65.1 Å². The van der Waals surface area contributed by atoms with Crippen LogP contribution in [0.4, 0.5) is 0 Å². The van der Waals surface area contributed by atoms with E-state index < -0.39 is 11.9 Å². The van der Waals surface area contributed by atoms with Crippen LogP contribution in [0.25, 0.3) is 0 Å². The normalized spacial score (nSPS) is 17.0. The van der Waals surface area contributed by atoms with Gasteiger partial charge in [0, 0.05) is 13.1 Å². The van der Waals surface area contributed by atoms with Crippen molar-refractivity contribution in [2.45, 2.75) is 12.8 Å². The molecule has 1 saturated heterocycles. The Hall–Kier alpha value is -1.27. The molecular weight excluding hydrogens is 272 g/mol. The molecule has 0 amide bonds. The summed E-state index contributed by atoms with van der Waals surface area (Å²) in [6, 6.07) is 0. The van der Waals surface area contributed by atoms with Crippen molar-refractivity contribution in [2.75, 3.05) is 46.6 Å². The van der Waals surface area contributed by atoms with Gasteiger partial charge in [0.25, 0.3) is 0 Å². The van der Waals surface area contributed by atoms with Gasteiger partial charge in [0.1, 0.15) is 15.7 Å². The fraction of sp³-hybridized carbons (Fsp3) is 0.692. The lowest BCUT2D eigenvalue weighted by Gasteiger charge is -2.26. The second kappa shape index (κ2) is 9.63. The molecule has 6 nitrogen and oxygen atoms in total. The SMILES string of the molecule is B/C(C(=O)OC)=C(/B)C(=O)OCCCCN1CCOCC1. The molecule has 0 atom stereocenters. The van der Waals surface area contributed by atoms with Crippen LogP contribution >= 0.6 is 0 Å². The van der Waals surface area contributed by atoms with Crippen LogP contribution in [0.2, 0.25) is 0 Å². The number of methoxy groups -OCH3 is 1. The summed E-state index contributed by atoms with van der Waals surface area (Å²) in [6.45, 7) is 4.91. The third-order valence-electron chi connectivity index (χ3n) is 3.57. The maximum absolute atomic E-state index is 11.8. The van der Waals surface area contributed by atoms with Crippen LogP contribution in [0.3, 0.4) is 0 Å². The van der Waals surface area contributed by atoms with Gasteiger partial charge in [-0.2, -0.15) is 0 Å². The average molecular weight is 295 g/mol. The first-order valence-corrected chi connectivity index (χ1v) is 7.29. The van der Waals surface area contributed by atoms with Crippen molar-refractivity contribution in [1.82, 2.24) is 4.90 Å². The predicted molar refractivity (Wildman–Crippen MR) is 83.6 cm³/mol. The minimum Gasteiger partial charge on any atom is -0.466 e. The lowest BCUT2D eigenvalue weighted by Crippen LogP contribution is -2.36. The number of carbonyl (C=O) groups is 2. The highest BCUT2D eigenvalue weighted by Gasteiger charge is 2.14. The van der Waals surface area contributed by atoms with E-state index in [9.17, 15) is 9.59 Å². The molecule has 1 fully saturated rings. The largest absolute Gasteiger partial charge is 0.466 e. The monoisotopic (exact) mass is 295 g/mol. The van der Waals surface area contributed by atoms with Gasteiger partial charge in [0.05, 0.1) is 26.9 Å². The number of hydrogen-bond donors (Lipinski definition) is 0. The molecule has 0 N–H and O–H groups in total. The minimum absolute atomic E-state index is 0.288. The molecule has 0 aliphatic carbocycles. The van der Waals surface area contributed by atoms with E-state index >= 15 is 0 Å². The molecule has 0 aromatic heterocycles. The molecule has 1 rings (SSSR count). The minimum atomic E-state index is -0.503. The van der Waals surface area contributed by atoms with Gasteiger partial charge in [-0.3, -0.25) is 4.90 Å².